The molecule has 2 aromatic heterocycles. The van der Waals surface area contributed by atoms with Crippen LogP contribution < -0.4 is 0 Å². The van der Waals surface area contributed by atoms with Gasteiger partial charge in [0.15, 0.2) is 0 Å². The molecule has 3 aromatic carbocycles. The molecule has 0 aliphatic heterocycles. The van der Waals surface area contributed by atoms with Crippen molar-refractivity contribution >= 4 is 0 Å². The number of aromatic nitrogens is 2. The molecule has 183 valence electrons. The quantitative estimate of drug-likeness (QED) is 0.0858. The molecule has 0 bridgehead atoms. The summed E-state index contributed by atoms with van der Waals surface area (Å²) in [5, 5.41) is 0. The van der Waals surface area contributed by atoms with Crippen LogP contribution in [0.15, 0.2) is 91.3 Å². The minimum Gasteiger partial charge on any atom is -0.305 e. The fourth-order valence-corrected chi connectivity index (χ4v) is 3.18. The minimum absolute atomic E-state index is 0. The predicted molar refractivity (Wildman–Crippen MR) is 127 cm³/mol. The molecule has 2 heterocycles. The average molecular weight is 666 g/mol. The predicted octanol–water partition coefficient (Wildman–Crippen LogP) is 7.63. The summed E-state index contributed by atoms with van der Waals surface area (Å²) >= 11 is 0. The van der Waals surface area contributed by atoms with Gasteiger partial charge in [0.1, 0.15) is 11.6 Å². The van der Waals surface area contributed by atoms with Gasteiger partial charge in [0.05, 0.1) is 11.6 Å². The van der Waals surface area contributed by atoms with Gasteiger partial charge in [-0.3, -0.25) is 8.78 Å². The molecular weight excluding hydrogens is 645 g/mol. The molecule has 0 unspecified atom stereocenters. The topological polar surface area (TPSA) is 25.8 Å². The summed E-state index contributed by atoms with van der Waals surface area (Å²) < 4.78 is 73.8. The third kappa shape index (κ3) is 6.30. The van der Waals surface area contributed by atoms with Crippen LogP contribution in [0.4, 0.5) is 17.6 Å². The first-order valence-electron chi connectivity index (χ1n) is 11.9. The molecule has 0 fully saturated rings. The monoisotopic (exact) mass is 666 g/mol. The Bertz CT molecular complexity index is 1480. The second-order valence-electron chi connectivity index (χ2n) is 7.26. The van der Waals surface area contributed by atoms with E-state index in [4.69, 9.17) is 4.11 Å². The summed E-state index contributed by atoms with van der Waals surface area (Å²) in [7, 11) is 0. The maximum absolute atomic E-state index is 13.5. The summed E-state index contributed by atoms with van der Waals surface area (Å²) in [6, 6.07) is 29.4. The number of rotatable bonds is 3. The van der Waals surface area contributed by atoms with E-state index in [0.29, 0.717) is 0 Å². The van der Waals surface area contributed by atoms with Gasteiger partial charge in [-0.1, -0.05) is 60.2 Å². The Hall–Kier alpha value is -3.67. The molecular formula is C29H18F4IrN2-2. The van der Waals surface area contributed by atoms with Gasteiger partial charge < -0.3 is 9.97 Å². The molecule has 2 nitrogen and oxygen atoms in total. The molecule has 0 saturated carbocycles. The van der Waals surface area contributed by atoms with E-state index in [0.717, 1.165) is 29.6 Å². The zero-order chi connectivity index (χ0) is 27.3. The molecule has 0 atom stereocenters. The first kappa shape index (κ1) is 22.8. The minimum atomic E-state index is -2.41. The average Bonchev–Trinajstić information content (AvgIpc) is 2.95. The number of aryl methyl sites for hydroxylation is 1. The summed E-state index contributed by atoms with van der Waals surface area (Å²) in [4.78, 5) is 8.00. The molecule has 36 heavy (non-hydrogen) atoms. The van der Waals surface area contributed by atoms with Crippen molar-refractivity contribution in [1.82, 2.24) is 9.97 Å². The van der Waals surface area contributed by atoms with E-state index in [1.807, 2.05) is 54.7 Å². The molecule has 5 rings (SSSR count). The SMILES string of the molecule is [2H]C([2H])([2H])c1ccc(-c2[c-]c(F)c(F)c(F)c2F)nc1.[Ir].[c-]1ccccc1-c1cc(-c2ccccc2)ccn1. The van der Waals surface area contributed by atoms with Gasteiger partial charge >= 0.3 is 0 Å². The van der Waals surface area contributed by atoms with Crippen LogP contribution in [0.3, 0.4) is 0 Å². The van der Waals surface area contributed by atoms with Gasteiger partial charge in [-0.05, 0) is 41.0 Å². The second kappa shape index (κ2) is 12.3. The first-order valence-corrected chi connectivity index (χ1v) is 10.4. The van der Waals surface area contributed by atoms with Crippen LogP contribution in [-0.4, -0.2) is 9.97 Å². The van der Waals surface area contributed by atoms with E-state index < -0.39 is 35.7 Å². The van der Waals surface area contributed by atoms with Gasteiger partial charge in [-0.15, -0.1) is 35.9 Å². The fraction of sp³-hybridized carbons (Fsp3) is 0.0345. The Labute approximate surface area is 224 Å². The van der Waals surface area contributed by atoms with Crippen molar-refractivity contribution < 1.29 is 41.8 Å². The molecule has 7 heteroatoms. The molecule has 0 spiro atoms. The summed E-state index contributed by atoms with van der Waals surface area (Å²) in [5.74, 6) is -7.26. The van der Waals surface area contributed by atoms with Crippen LogP contribution in [0.2, 0.25) is 0 Å². The Morgan fingerprint density at radius 3 is 2.19 bits per heavy atom. The van der Waals surface area contributed by atoms with Crippen molar-refractivity contribution in [2.45, 2.75) is 6.85 Å². The van der Waals surface area contributed by atoms with Gasteiger partial charge in [0, 0.05) is 36.6 Å². The Morgan fingerprint density at radius 1 is 0.750 bits per heavy atom. The number of hydrogen-bond donors (Lipinski definition) is 0. The van der Waals surface area contributed by atoms with Crippen LogP contribution in [0.25, 0.3) is 33.6 Å². The van der Waals surface area contributed by atoms with Crippen LogP contribution >= 0.6 is 0 Å². The van der Waals surface area contributed by atoms with Crippen LogP contribution in [-0.2, 0) is 20.1 Å². The summed E-state index contributed by atoms with van der Waals surface area (Å²) in [5.41, 5.74) is 3.28. The van der Waals surface area contributed by atoms with E-state index in [-0.39, 0.29) is 31.4 Å². The van der Waals surface area contributed by atoms with Crippen molar-refractivity contribution in [2.75, 3.05) is 0 Å². The van der Waals surface area contributed by atoms with E-state index in [1.54, 1.807) is 6.07 Å². The number of benzene rings is 3. The number of pyridine rings is 2. The first-order chi connectivity index (χ1) is 18.1. The van der Waals surface area contributed by atoms with Gasteiger partial charge in [-0.25, -0.2) is 8.78 Å². The maximum Gasteiger partial charge on any atom is 0.114 e. The summed E-state index contributed by atoms with van der Waals surface area (Å²) in [6.45, 7) is -2.41. The van der Waals surface area contributed by atoms with Crippen LogP contribution in [0.5, 0.6) is 0 Å². The standard InChI is InChI=1S/C17H12N.C12H6F4N.Ir/c1-3-7-14(8-4-1)16-11-12-18-17(13-16)15-9-5-2-6-10-15;1-6-2-3-9(17-5-6)7-4-8(13)11(15)12(16)10(7)14;/h1-9,11-13H;2-3,5H,1H3;/q2*-1;/i;1D3;. The largest absolute Gasteiger partial charge is 0.305 e. The van der Waals surface area contributed by atoms with E-state index >= 15 is 0 Å². The van der Waals surface area contributed by atoms with Gasteiger partial charge in [0.25, 0.3) is 0 Å². The van der Waals surface area contributed by atoms with Crippen LogP contribution in [0, 0.1) is 42.3 Å². The number of nitrogens with zero attached hydrogens (tertiary/aromatic N) is 2. The zero-order valence-corrected chi connectivity index (χ0v) is 20.8. The Morgan fingerprint density at radius 2 is 1.53 bits per heavy atom. The molecule has 0 saturated heterocycles. The third-order valence-corrected chi connectivity index (χ3v) is 4.90. The number of hydrogen-bond acceptors (Lipinski definition) is 2. The van der Waals surface area contributed by atoms with Crippen molar-refractivity contribution in [3.8, 4) is 33.6 Å². The smallest absolute Gasteiger partial charge is 0.114 e. The molecule has 0 N–H and O–H groups in total. The van der Waals surface area contributed by atoms with Crippen LogP contribution in [0.1, 0.15) is 9.68 Å². The van der Waals surface area contributed by atoms with Crippen molar-refractivity contribution in [2.24, 2.45) is 0 Å². The summed E-state index contributed by atoms with van der Waals surface area (Å²) in [6.07, 6.45) is 2.77. The maximum atomic E-state index is 13.5. The van der Waals surface area contributed by atoms with Gasteiger partial charge in [0.2, 0.25) is 0 Å². The Kier molecular flexibility index (Phi) is 7.80. The third-order valence-electron chi connectivity index (χ3n) is 4.90. The van der Waals surface area contributed by atoms with Crippen molar-refractivity contribution in [3.63, 3.8) is 0 Å². The van der Waals surface area contributed by atoms with Gasteiger partial charge in [-0.2, -0.15) is 0 Å². The molecule has 0 aliphatic rings. The second-order valence-corrected chi connectivity index (χ2v) is 7.26. The van der Waals surface area contributed by atoms with Crippen molar-refractivity contribution in [3.05, 3.63) is 132 Å². The molecule has 5 aromatic rings. The molecule has 1 radical (unpaired) electrons. The fourth-order valence-electron chi connectivity index (χ4n) is 3.18. The number of halogens is 4. The molecule has 0 aliphatic carbocycles. The molecule has 0 amide bonds. The normalized spacial score (nSPS) is 11.7. The van der Waals surface area contributed by atoms with E-state index in [9.17, 15) is 17.6 Å². The van der Waals surface area contributed by atoms with E-state index in [1.165, 1.54) is 11.1 Å². The zero-order valence-electron chi connectivity index (χ0n) is 21.4. The van der Waals surface area contributed by atoms with E-state index in [2.05, 4.69) is 34.2 Å². The van der Waals surface area contributed by atoms with Crippen molar-refractivity contribution in [1.29, 1.82) is 0 Å². The Balaban J connectivity index is 0.000000211.